The number of carbonyl (C=O) groups excluding carboxylic acids is 1. The van der Waals surface area contributed by atoms with Crippen LogP contribution >= 0.6 is 11.8 Å². The Kier molecular flexibility index (Phi) is 8.52. The van der Waals surface area contributed by atoms with Crippen LogP contribution in [0.1, 0.15) is 37.4 Å². The third-order valence-corrected chi connectivity index (χ3v) is 5.23. The van der Waals surface area contributed by atoms with Gasteiger partial charge >= 0.3 is 0 Å². The first-order chi connectivity index (χ1) is 13.0. The highest BCUT2D eigenvalue weighted by atomic mass is 32.2. The molecule has 4 nitrogen and oxygen atoms in total. The quantitative estimate of drug-likeness (QED) is 0.634. The summed E-state index contributed by atoms with van der Waals surface area (Å²) in [7, 11) is 3.31. The Hall–Kier alpha value is -2.14. The van der Waals surface area contributed by atoms with E-state index >= 15 is 0 Å². The molecule has 5 heteroatoms. The monoisotopic (exact) mass is 387 g/mol. The Balaban J connectivity index is 1.88. The Labute approximate surface area is 166 Å². The van der Waals surface area contributed by atoms with Gasteiger partial charge < -0.3 is 14.8 Å². The predicted octanol–water partition coefficient (Wildman–Crippen LogP) is 4.84. The van der Waals surface area contributed by atoms with Crippen LogP contribution in [-0.2, 0) is 10.5 Å². The molecule has 1 amide bonds. The van der Waals surface area contributed by atoms with Gasteiger partial charge in [-0.05, 0) is 47.7 Å². The summed E-state index contributed by atoms with van der Waals surface area (Å²) in [4.78, 5) is 12.4. The minimum absolute atomic E-state index is 0.0185. The van der Waals surface area contributed by atoms with Gasteiger partial charge in [0.1, 0.15) is 11.5 Å². The van der Waals surface area contributed by atoms with Gasteiger partial charge in [0.05, 0.1) is 26.0 Å². The summed E-state index contributed by atoms with van der Waals surface area (Å²) in [5, 5.41) is 3.19. The Morgan fingerprint density at radius 2 is 1.52 bits per heavy atom. The zero-order valence-corrected chi connectivity index (χ0v) is 17.3. The first-order valence-electron chi connectivity index (χ1n) is 9.15. The topological polar surface area (TPSA) is 47.6 Å². The molecule has 0 bridgehead atoms. The number of rotatable bonds is 10. The van der Waals surface area contributed by atoms with E-state index in [1.807, 2.05) is 48.5 Å². The predicted molar refractivity (Wildman–Crippen MR) is 112 cm³/mol. The molecule has 2 rings (SSSR count). The molecule has 1 atom stereocenters. The summed E-state index contributed by atoms with van der Waals surface area (Å²) in [5.41, 5.74) is 2.29. The van der Waals surface area contributed by atoms with Gasteiger partial charge in [-0.15, -0.1) is 11.8 Å². The maximum Gasteiger partial charge on any atom is 0.230 e. The van der Waals surface area contributed by atoms with Crippen molar-refractivity contribution in [2.45, 2.75) is 32.1 Å². The van der Waals surface area contributed by atoms with E-state index in [4.69, 9.17) is 9.47 Å². The van der Waals surface area contributed by atoms with Crippen LogP contribution < -0.4 is 14.8 Å². The van der Waals surface area contributed by atoms with E-state index in [0.29, 0.717) is 11.7 Å². The van der Waals surface area contributed by atoms with Gasteiger partial charge in [0.25, 0.3) is 0 Å². The second-order valence-corrected chi connectivity index (χ2v) is 7.85. The molecule has 0 fully saturated rings. The van der Waals surface area contributed by atoms with Gasteiger partial charge in [-0.2, -0.15) is 0 Å². The second kappa shape index (κ2) is 10.9. The van der Waals surface area contributed by atoms with E-state index < -0.39 is 0 Å². The molecule has 27 heavy (non-hydrogen) atoms. The number of methoxy groups -OCH3 is 2. The molecule has 0 aromatic heterocycles. The molecule has 0 heterocycles. The average molecular weight is 388 g/mol. The van der Waals surface area contributed by atoms with Crippen molar-refractivity contribution < 1.29 is 14.3 Å². The molecule has 0 saturated carbocycles. The summed E-state index contributed by atoms with van der Waals surface area (Å²) < 4.78 is 10.4. The highest BCUT2D eigenvalue weighted by Crippen LogP contribution is 2.24. The van der Waals surface area contributed by atoms with Crippen molar-refractivity contribution in [1.82, 2.24) is 5.32 Å². The summed E-state index contributed by atoms with van der Waals surface area (Å²) in [6, 6.07) is 15.9. The van der Waals surface area contributed by atoms with Crippen molar-refractivity contribution in [2.24, 2.45) is 5.92 Å². The standard InChI is InChI=1S/C22H29NO3S/c1-16(2)13-21(18-7-11-20(26-4)12-8-18)23-22(24)15-27-14-17-5-9-19(25-3)10-6-17/h5-12,16,21H,13-15H2,1-4H3,(H,23,24). The van der Waals surface area contributed by atoms with Crippen molar-refractivity contribution in [1.29, 1.82) is 0 Å². The molecule has 0 aliphatic heterocycles. The minimum atomic E-state index is 0.0185. The fraction of sp³-hybridized carbons (Fsp3) is 0.409. The Morgan fingerprint density at radius 1 is 0.963 bits per heavy atom. The highest BCUT2D eigenvalue weighted by Gasteiger charge is 2.16. The second-order valence-electron chi connectivity index (χ2n) is 6.86. The van der Waals surface area contributed by atoms with Crippen LogP contribution in [0.3, 0.4) is 0 Å². The van der Waals surface area contributed by atoms with Crippen LogP contribution in [0.15, 0.2) is 48.5 Å². The average Bonchev–Trinajstić information content (AvgIpc) is 2.68. The molecule has 2 aromatic carbocycles. The lowest BCUT2D eigenvalue weighted by Gasteiger charge is -2.21. The van der Waals surface area contributed by atoms with Crippen LogP contribution in [0, 0.1) is 5.92 Å². The van der Waals surface area contributed by atoms with Gasteiger partial charge in [0.15, 0.2) is 0 Å². The number of benzene rings is 2. The van der Waals surface area contributed by atoms with E-state index in [2.05, 4.69) is 19.2 Å². The first-order valence-corrected chi connectivity index (χ1v) is 10.3. The molecule has 1 unspecified atom stereocenters. The number of hydrogen-bond acceptors (Lipinski definition) is 4. The largest absolute Gasteiger partial charge is 0.497 e. The van der Waals surface area contributed by atoms with Crippen LogP contribution in [0.5, 0.6) is 11.5 Å². The molecule has 2 aromatic rings. The molecule has 146 valence electrons. The molecular weight excluding hydrogens is 358 g/mol. The Morgan fingerprint density at radius 3 is 2.04 bits per heavy atom. The lowest BCUT2D eigenvalue weighted by molar-refractivity contribution is -0.119. The number of carbonyl (C=O) groups is 1. The number of thioether (sulfide) groups is 1. The molecule has 0 aliphatic rings. The van der Waals surface area contributed by atoms with E-state index in [9.17, 15) is 4.79 Å². The highest BCUT2D eigenvalue weighted by molar-refractivity contribution is 7.99. The van der Waals surface area contributed by atoms with E-state index in [0.717, 1.165) is 29.2 Å². The number of amides is 1. The lowest BCUT2D eigenvalue weighted by atomic mass is 9.97. The van der Waals surface area contributed by atoms with Gasteiger partial charge in [-0.3, -0.25) is 4.79 Å². The van der Waals surface area contributed by atoms with E-state index in [1.165, 1.54) is 5.56 Å². The zero-order chi connectivity index (χ0) is 19.6. The minimum Gasteiger partial charge on any atom is -0.497 e. The van der Waals surface area contributed by atoms with Crippen LogP contribution in [-0.4, -0.2) is 25.9 Å². The maximum absolute atomic E-state index is 12.4. The van der Waals surface area contributed by atoms with E-state index in [1.54, 1.807) is 26.0 Å². The third-order valence-electron chi connectivity index (χ3n) is 4.22. The SMILES string of the molecule is COc1ccc(CSCC(=O)NC(CC(C)C)c2ccc(OC)cc2)cc1. The fourth-order valence-corrected chi connectivity index (χ4v) is 3.60. The summed E-state index contributed by atoms with van der Waals surface area (Å²) in [5.74, 6) is 3.46. The molecule has 0 radical (unpaired) electrons. The lowest BCUT2D eigenvalue weighted by Crippen LogP contribution is -2.30. The van der Waals surface area contributed by atoms with Crippen LogP contribution in [0.2, 0.25) is 0 Å². The van der Waals surface area contributed by atoms with Crippen molar-refractivity contribution in [3.8, 4) is 11.5 Å². The fourth-order valence-electron chi connectivity index (χ4n) is 2.81. The summed E-state index contributed by atoms with van der Waals surface area (Å²) in [6.45, 7) is 4.34. The van der Waals surface area contributed by atoms with E-state index in [-0.39, 0.29) is 11.9 Å². The third kappa shape index (κ3) is 7.18. The van der Waals surface area contributed by atoms with Gasteiger partial charge in [-0.1, -0.05) is 38.1 Å². The zero-order valence-electron chi connectivity index (χ0n) is 16.5. The summed E-state index contributed by atoms with van der Waals surface area (Å²) >= 11 is 1.62. The van der Waals surface area contributed by atoms with Crippen molar-refractivity contribution in [2.75, 3.05) is 20.0 Å². The van der Waals surface area contributed by atoms with Gasteiger partial charge in [-0.25, -0.2) is 0 Å². The maximum atomic E-state index is 12.4. The Bertz CT molecular complexity index is 699. The van der Waals surface area contributed by atoms with Crippen LogP contribution in [0.4, 0.5) is 0 Å². The summed E-state index contributed by atoms with van der Waals surface area (Å²) in [6.07, 6.45) is 0.904. The smallest absolute Gasteiger partial charge is 0.230 e. The van der Waals surface area contributed by atoms with Crippen molar-refractivity contribution in [3.63, 3.8) is 0 Å². The van der Waals surface area contributed by atoms with Gasteiger partial charge in [0, 0.05) is 5.75 Å². The molecular formula is C22H29NO3S. The normalized spacial score (nSPS) is 11.9. The van der Waals surface area contributed by atoms with Crippen LogP contribution in [0.25, 0.3) is 0 Å². The molecule has 1 N–H and O–H groups in total. The number of ether oxygens (including phenoxy) is 2. The van der Waals surface area contributed by atoms with Gasteiger partial charge in [0.2, 0.25) is 5.91 Å². The van der Waals surface area contributed by atoms with Crippen molar-refractivity contribution >= 4 is 17.7 Å². The number of hydrogen-bond donors (Lipinski definition) is 1. The van der Waals surface area contributed by atoms with Crippen molar-refractivity contribution in [3.05, 3.63) is 59.7 Å². The molecule has 0 spiro atoms. The first kappa shape index (κ1) is 21.2. The molecule has 0 aliphatic carbocycles. The molecule has 0 saturated heterocycles. The number of nitrogens with one attached hydrogen (secondary N) is 1.